The maximum atomic E-state index is 10.9. The predicted octanol–water partition coefficient (Wildman–Crippen LogP) is 8.72. The van der Waals surface area contributed by atoms with Gasteiger partial charge < -0.3 is 20.4 Å². The van der Waals surface area contributed by atoms with Gasteiger partial charge in [0.1, 0.15) is 0 Å². The van der Waals surface area contributed by atoms with E-state index in [0.29, 0.717) is 46.1 Å². The largest absolute Gasteiger partial charge is 0.396 e. The van der Waals surface area contributed by atoms with E-state index in [1.165, 1.54) is 0 Å². The minimum Gasteiger partial charge on any atom is -0.396 e. The summed E-state index contributed by atoms with van der Waals surface area (Å²) in [5, 5.41) is 42.5. The summed E-state index contributed by atoms with van der Waals surface area (Å²) < 4.78 is 0. The second-order valence-electron chi connectivity index (χ2n) is 16.2. The number of rotatable bonds is 12. The summed E-state index contributed by atoms with van der Waals surface area (Å²) in [4.78, 5) is 0. The molecule has 0 aliphatic heterocycles. The van der Waals surface area contributed by atoms with Crippen LogP contribution in [0, 0.1) is 10.8 Å². The molecule has 0 saturated heterocycles. The van der Waals surface area contributed by atoms with Crippen molar-refractivity contribution in [1.29, 1.82) is 0 Å². The van der Waals surface area contributed by atoms with Gasteiger partial charge in [-0.15, -0.1) is 0 Å². The molecule has 0 fully saturated rings. The van der Waals surface area contributed by atoms with Crippen LogP contribution in [0.4, 0.5) is 0 Å². The Bertz CT molecular complexity index is 552. The van der Waals surface area contributed by atoms with Crippen LogP contribution in [0.3, 0.4) is 0 Å². The van der Waals surface area contributed by atoms with Crippen molar-refractivity contribution in [1.82, 2.24) is 0 Å². The van der Waals surface area contributed by atoms with Crippen LogP contribution in [0.2, 0.25) is 33.2 Å². The summed E-state index contributed by atoms with van der Waals surface area (Å²) in [5.74, 6) is 0. The second-order valence-corrected chi connectivity index (χ2v) is 28.5. The average molecular weight is 641 g/mol. The Labute approximate surface area is 258 Å². The Morgan fingerprint density at radius 3 is 0.667 bits per heavy atom. The van der Waals surface area contributed by atoms with Gasteiger partial charge in [-0.1, -0.05) is 125 Å². The standard InChI is InChI=1S/2C16H36O2Si.Cu/c2*1-11(2)19(12(3)4,13(5)6)15(18)10-14(17)16(7,8)9;/h2*11-15,17-18H,10H2,1-9H3;. The first-order chi connectivity index (χ1) is 16.8. The van der Waals surface area contributed by atoms with Gasteiger partial charge in [-0.05, 0) is 56.9 Å². The maximum absolute atomic E-state index is 10.9. The van der Waals surface area contributed by atoms with E-state index >= 15 is 0 Å². The van der Waals surface area contributed by atoms with E-state index in [1.807, 2.05) is 41.5 Å². The van der Waals surface area contributed by atoms with Crippen LogP contribution in [0.15, 0.2) is 0 Å². The van der Waals surface area contributed by atoms with Gasteiger partial charge in [-0.2, -0.15) is 0 Å². The van der Waals surface area contributed by atoms with E-state index in [9.17, 15) is 20.4 Å². The zero-order valence-electron chi connectivity index (χ0n) is 29.3. The molecule has 0 aliphatic carbocycles. The van der Waals surface area contributed by atoms with E-state index in [4.69, 9.17) is 0 Å². The van der Waals surface area contributed by atoms with Gasteiger partial charge in [0.05, 0.1) is 28.4 Å². The molecular weight excluding hydrogens is 568 g/mol. The first-order valence-electron chi connectivity index (χ1n) is 15.5. The molecule has 4 N–H and O–H groups in total. The van der Waals surface area contributed by atoms with Crippen LogP contribution in [0.25, 0.3) is 0 Å². The van der Waals surface area contributed by atoms with Gasteiger partial charge in [0.25, 0.3) is 0 Å². The third kappa shape index (κ3) is 11.1. The quantitative estimate of drug-likeness (QED) is 0.161. The van der Waals surface area contributed by atoms with E-state index < -0.39 is 28.4 Å². The zero-order chi connectivity index (χ0) is 31.2. The molecule has 0 spiro atoms. The molecule has 4 unspecified atom stereocenters. The smallest absolute Gasteiger partial charge is 0.0949 e. The predicted molar refractivity (Wildman–Crippen MR) is 174 cm³/mol. The van der Waals surface area contributed by atoms with Crippen molar-refractivity contribution in [2.75, 3.05) is 0 Å². The van der Waals surface area contributed by atoms with Crippen LogP contribution in [-0.2, 0) is 17.1 Å². The second kappa shape index (κ2) is 17.2. The molecule has 0 bridgehead atoms. The molecule has 4 nitrogen and oxygen atoms in total. The van der Waals surface area contributed by atoms with Crippen molar-refractivity contribution >= 4 is 16.1 Å². The number of hydrogen-bond donors (Lipinski definition) is 4. The molecule has 0 aromatic rings. The average Bonchev–Trinajstić information content (AvgIpc) is 2.65. The molecule has 0 aliphatic rings. The SMILES string of the molecule is CC(C)[Si](C(C)C)(C(C)C)C(O)CC(O)C(C)(C)C.CC(C)[Si](C(C)C)(C(C)C)C(O)CC(O)C(C)(C)C.[Cu]. The van der Waals surface area contributed by atoms with E-state index in [1.54, 1.807) is 0 Å². The van der Waals surface area contributed by atoms with Crippen LogP contribution >= 0.6 is 0 Å². The van der Waals surface area contributed by atoms with Crippen LogP contribution < -0.4 is 0 Å². The number of aliphatic hydroxyl groups is 4. The normalized spacial score (nSPS) is 16.9. The Morgan fingerprint density at radius 2 is 0.564 bits per heavy atom. The first-order valence-corrected chi connectivity index (χ1v) is 20.1. The summed E-state index contributed by atoms with van der Waals surface area (Å²) in [6.07, 6.45) is 0.158. The van der Waals surface area contributed by atoms with Gasteiger partial charge in [0.2, 0.25) is 0 Å². The Kier molecular flexibility index (Phi) is 19.5. The van der Waals surface area contributed by atoms with Crippen molar-refractivity contribution in [3.05, 3.63) is 0 Å². The third-order valence-electron chi connectivity index (χ3n) is 10.0. The molecule has 4 atom stereocenters. The third-order valence-corrected chi connectivity index (χ3v) is 24.8. The molecule has 0 amide bonds. The fourth-order valence-electron chi connectivity index (χ4n) is 7.85. The Balaban J connectivity index is -0.000000648. The molecule has 0 saturated carbocycles. The molecule has 1 radical (unpaired) electrons. The monoisotopic (exact) mass is 639 g/mol. The molecule has 39 heavy (non-hydrogen) atoms. The molecular formula is C32H72CuO4Si2. The summed E-state index contributed by atoms with van der Waals surface area (Å²) >= 11 is 0. The van der Waals surface area contributed by atoms with Gasteiger partial charge in [0.15, 0.2) is 0 Å². The minimum atomic E-state index is -1.88. The van der Waals surface area contributed by atoms with Crippen molar-refractivity contribution in [2.24, 2.45) is 10.8 Å². The molecule has 243 valence electrons. The fourth-order valence-corrected chi connectivity index (χ4v) is 21.7. The summed E-state index contributed by atoms with van der Waals surface area (Å²) in [6.45, 7) is 39.2. The van der Waals surface area contributed by atoms with Gasteiger partial charge in [-0.25, -0.2) is 0 Å². The van der Waals surface area contributed by atoms with Crippen LogP contribution in [0.1, 0.15) is 137 Å². The van der Waals surface area contributed by atoms with Gasteiger partial charge in [-0.3, -0.25) is 0 Å². The number of aliphatic hydroxyl groups excluding tert-OH is 4. The van der Waals surface area contributed by atoms with Crippen LogP contribution in [-0.4, -0.2) is 60.2 Å². The molecule has 0 aromatic heterocycles. The number of hydrogen-bond acceptors (Lipinski definition) is 4. The van der Waals surface area contributed by atoms with E-state index in [2.05, 4.69) is 83.1 Å². The van der Waals surface area contributed by atoms with Crippen molar-refractivity contribution in [3.63, 3.8) is 0 Å². The summed E-state index contributed by atoms with van der Waals surface area (Å²) in [7, 11) is -3.75. The molecule has 0 aromatic carbocycles. The summed E-state index contributed by atoms with van der Waals surface area (Å²) in [6, 6.07) is 0. The Morgan fingerprint density at radius 1 is 0.410 bits per heavy atom. The minimum absolute atomic E-state index is 0. The first kappa shape index (κ1) is 44.2. The maximum Gasteiger partial charge on any atom is 0.0949 e. The van der Waals surface area contributed by atoms with Gasteiger partial charge in [0, 0.05) is 28.5 Å². The zero-order valence-corrected chi connectivity index (χ0v) is 32.2. The molecule has 7 heteroatoms. The topological polar surface area (TPSA) is 80.9 Å². The van der Waals surface area contributed by atoms with E-state index in [0.717, 1.165) is 0 Å². The van der Waals surface area contributed by atoms with Crippen molar-refractivity contribution in [3.8, 4) is 0 Å². The Hall–Kier alpha value is 0.793. The summed E-state index contributed by atoms with van der Waals surface area (Å²) in [5.41, 5.74) is 2.15. The molecule has 0 rings (SSSR count). The molecule has 0 heterocycles. The van der Waals surface area contributed by atoms with Gasteiger partial charge >= 0.3 is 0 Å². The van der Waals surface area contributed by atoms with Crippen LogP contribution in [0.5, 0.6) is 0 Å². The van der Waals surface area contributed by atoms with Crippen molar-refractivity contribution < 1.29 is 37.5 Å². The van der Waals surface area contributed by atoms with Crippen molar-refractivity contribution in [2.45, 2.75) is 194 Å². The van der Waals surface area contributed by atoms with E-state index in [-0.39, 0.29) is 39.4 Å². The fraction of sp³-hybridized carbons (Fsp3) is 1.00.